The first-order chi connectivity index (χ1) is 12.3. The second-order valence-corrected chi connectivity index (χ2v) is 6.31. The van der Waals surface area contributed by atoms with Gasteiger partial charge in [0.1, 0.15) is 0 Å². The second-order valence-electron chi connectivity index (χ2n) is 5.37. The lowest BCUT2D eigenvalue weighted by Gasteiger charge is -2.20. The fourth-order valence-corrected chi connectivity index (χ4v) is 3.22. The van der Waals surface area contributed by atoms with E-state index < -0.39 is 0 Å². The van der Waals surface area contributed by atoms with Crippen LogP contribution < -0.4 is 4.90 Å². The van der Waals surface area contributed by atoms with Gasteiger partial charge in [0.15, 0.2) is 0 Å². The van der Waals surface area contributed by atoms with Crippen molar-refractivity contribution in [2.24, 2.45) is 0 Å². The molecule has 0 saturated heterocycles. The highest BCUT2D eigenvalue weighted by atomic mass is 32.2. The summed E-state index contributed by atoms with van der Waals surface area (Å²) in [6.07, 6.45) is 0. The maximum atomic E-state index is 12.6. The molecule has 0 radical (unpaired) electrons. The monoisotopic (exact) mass is 353 g/mol. The molecule has 1 aromatic heterocycles. The minimum atomic E-state index is 0.0351. The van der Waals surface area contributed by atoms with Gasteiger partial charge in [0.05, 0.1) is 12.3 Å². The molecule has 1 amide bonds. The third-order valence-corrected chi connectivity index (χ3v) is 4.63. The van der Waals surface area contributed by atoms with Crippen LogP contribution in [0.25, 0.3) is 0 Å². The Kier molecular flexibility index (Phi) is 5.79. The van der Waals surface area contributed by atoms with Crippen LogP contribution in [0.15, 0.2) is 65.8 Å². The standard InChI is InChI=1S/C18H19N5OS/c1-2-22(16-11-7-4-8-12-16)17(24)14-25-18-19-20-21-23(18)13-15-9-5-3-6-10-15/h3-12H,2,13-14H2,1H3. The second kappa shape index (κ2) is 8.43. The molecule has 3 aromatic rings. The van der Waals surface area contributed by atoms with Crippen LogP contribution in [0.5, 0.6) is 0 Å². The summed E-state index contributed by atoms with van der Waals surface area (Å²) in [4.78, 5) is 14.3. The molecule has 0 spiro atoms. The van der Waals surface area contributed by atoms with Crippen molar-refractivity contribution in [3.05, 3.63) is 66.2 Å². The van der Waals surface area contributed by atoms with Crippen molar-refractivity contribution in [1.82, 2.24) is 20.2 Å². The predicted molar refractivity (Wildman–Crippen MR) is 98.6 cm³/mol. The first-order valence-corrected chi connectivity index (χ1v) is 9.04. The van der Waals surface area contributed by atoms with E-state index in [1.54, 1.807) is 9.58 Å². The molecule has 0 aliphatic carbocycles. The van der Waals surface area contributed by atoms with E-state index in [-0.39, 0.29) is 11.7 Å². The minimum Gasteiger partial charge on any atom is -0.312 e. The maximum Gasteiger partial charge on any atom is 0.237 e. The van der Waals surface area contributed by atoms with Crippen LogP contribution in [0.1, 0.15) is 12.5 Å². The van der Waals surface area contributed by atoms with Gasteiger partial charge in [-0.25, -0.2) is 4.68 Å². The summed E-state index contributed by atoms with van der Waals surface area (Å²) in [5.41, 5.74) is 2.02. The summed E-state index contributed by atoms with van der Waals surface area (Å²) in [7, 11) is 0. The average molecular weight is 353 g/mol. The van der Waals surface area contributed by atoms with Gasteiger partial charge in [-0.2, -0.15) is 0 Å². The van der Waals surface area contributed by atoms with Crippen LogP contribution in [0.2, 0.25) is 0 Å². The Morgan fingerprint density at radius 3 is 2.44 bits per heavy atom. The fraction of sp³-hybridized carbons (Fsp3) is 0.222. The molecule has 0 N–H and O–H groups in total. The van der Waals surface area contributed by atoms with Gasteiger partial charge < -0.3 is 4.90 Å². The molecule has 1 heterocycles. The number of tetrazole rings is 1. The lowest BCUT2D eigenvalue weighted by molar-refractivity contribution is -0.116. The first kappa shape index (κ1) is 17.2. The lowest BCUT2D eigenvalue weighted by Crippen LogP contribution is -2.32. The Hall–Kier alpha value is -2.67. The van der Waals surface area contributed by atoms with Gasteiger partial charge in [-0.15, -0.1) is 5.10 Å². The van der Waals surface area contributed by atoms with Gasteiger partial charge in [0, 0.05) is 12.2 Å². The molecule has 0 saturated carbocycles. The molecule has 0 unspecified atom stereocenters. The molecule has 0 aliphatic heterocycles. The van der Waals surface area contributed by atoms with Gasteiger partial charge in [0.2, 0.25) is 11.1 Å². The number of para-hydroxylation sites is 1. The van der Waals surface area contributed by atoms with E-state index in [1.807, 2.05) is 67.6 Å². The molecule has 0 aliphatic rings. The van der Waals surface area contributed by atoms with Crippen molar-refractivity contribution in [2.75, 3.05) is 17.2 Å². The molecule has 0 atom stereocenters. The van der Waals surface area contributed by atoms with Gasteiger partial charge in [-0.3, -0.25) is 4.79 Å². The number of carbonyl (C=O) groups excluding carboxylic acids is 1. The first-order valence-electron chi connectivity index (χ1n) is 8.06. The normalized spacial score (nSPS) is 10.6. The van der Waals surface area contributed by atoms with Crippen LogP contribution >= 0.6 is 11.8 Å². The van der Waals surface area contributed by atoms with E-state index in [2.05, 4.69) is 15.5 Å². The highest BCUT2D eigenvalue weighted by molar-refractivity contribution is 7.99. The number of rotatable bonds is 7. The molecule has 6 nitrogen and oxygen atoms in total. The van der Waals surface area contributed by atoms with E-state index >= 15 is 0 Å². The van der Waals surface area contributed by atoms with Crippen molar-refractivity contribution >= 4 is 23.4 Å². The topological polar surface area (TPSA) is 63.9 Å². The Balaban J connectivity index is 1.64. The van der Waals surface area contributed by atoms with Crippen LogP contribution in [-0.4, -0.2) is 38.4 Å². The summed E-state index contributed by atoms with van der Waals surface area (Å²) in [6.45, 7) is 3.17. The van der Waals surface area contributed by atoms with E-state index in [1.165, 1.54) is 11.8 Å². The van der Waals surface area contributed by atoms with Crippen molar-refractivity contribution in [3.63, 3.8) is 0 Å². The van der Waals surface area contributed by atoms with Crippen molar-refractivity contribution in [3.8, 4) is 0 Å². The summed E-state index contributed by atoms with van der Waals surface area (Å²) in [6, 6.07) is 19.7. The van der Waals surface area contributed by atoms with E-state index in [4.69, 9.17) is 0 Å². The van der Waals surface area contributed by atoms with Gasteiger partial charge in [-0.05, 0) is 35.0 Å². The zero-order valence-corrected chi connectivity index (χ0v) is 14.8. The molecule has 0 bridgehead atoms. The number of hydrogen-bond acceptors (Lipinski definition) is 5. The Morgan fingerprint density at radius 2 is 1.76 bits per heavy atom. The van der Waals surface area contributed by atoms with Crippen LogP contribution in [0.3, 0.4) is 0 Å². The number of aromatic nitrogens is 4. The Labute approximate surface area is 150 Å². The summed E-state index contributed by atoms with van der Waals surface area (Å²) in [5, 5.41) is 12.4. The number of hydrogen-bond donors (Lipinski definition) is 0. The lowest BCUT2D eigenvalue weighted by atomic mass is 10.2. The highest BCUT2D eigenvalue weighted by Gasteiger charge is 2.16. The van der Waals surface area contributed by atoms with E-state index in [0.29, 0.717) is 18.2 Å². The smallest absolute Gasteiger partial charge is 0.237 e. The number of benzene rings is 2. The third kappa shape index (κ3) is 4.45. The molecule has 2 aromatic carbocycles. The summed E-state index contributed by atoms with van der Waals surface area (Å²) in [5.74, 6) is 0.325. The molecule has 128 valence electrons. The quantitative estimate of drug-likeness (QED) is 0.611. The molecule has 25 heavy (non-hydrogen) atoms. The number of carbonyl (C=O) groups is 1. The number of anilines is 1. The van der Waals surface area contributed by atoms with Crippen molar-refractivity contribution in [2.45, 2.75) is 18.6 Å². The van der Waals surface area contributed by atoms with Gasteiger partial charge >= 0.3 is 0 Å². The number of thioether (sulfide) groups is 1. The summed E-state index contributed by atoms with van der Waals surface area (Å²) < 4.78 is 1.71. The average Bonchev–Trinajstić information content (AvgIpc) is 3.09. The van der Waals surface area contributed by atoms with Crippen LogP contribution in [0.4, 0.5) is 5.69 Å². The molecular formula is C18H19N5OS. The molecular weight excluding hydrogens is 334 g/mol. The zero-order chi connectivity index (χ0) is 17.5. The minimum absolute atomic E-state index is 0.0351. The fourth-order valence-electron chi connectivity index (χ4n) is 2.47. The van der Waals surface area contributed by atoms with E-state index in [9.17, 15) is 4.79 Å². The van der Waals surface area contributed by atoms with Gasteiger partial charge in [0.25, 0.3) is 0 Å². The van der Waals surface area contributed by atoms with Crippen LogP contribution in [0, 0.1) is 0 Å². The van der Waals surface area contributed by atoms with Gasteiger partial charge in [-0.1, -0.05) is 60.3 Å². The largest absolute Gasteiger partial charge is 0.312 e. The molecule has 3 rings (SSSR count). The van der Waals surface area contributed by atoms with Crippen molar-refractivity contribution < 1.29 is 4.79 Å². The van der Waals surface area contributed by atoms with E-state index in [0.717, 1.165) is 11.3 Å². The SMILES string of the molecule is CCN(C(=O)CSc1nnnn1Cc1ccccc1)c1ccccc1. The highest BCUT2D eigenvalue weighted by Crippen LogP contribution is 2.19. The molecule has 0 fully saturated rings. The zero-order valence-electron chi connectivity index (χ0n) is 13.9. The van der Waals surface area contributed by atoms with Crippen LogP contribution in [-0.2, 0) is 11.3 Å². The Morgan fingerprint density at radius 1 is 1.08 bits per heavy atom. The Bertz CT molecular complexity index is 807. The third-order valence-electron chi connectivity index (χ3n) is 3.68. The maximum absolute atomic E-state index is 12.6. The number of amides is 1. The molecule has 7 heteroatoms. The summed E-state index contributed by atoms with van der Waals surface area (Å²) >= 11 is 1.36. The number of nitrogens with zero attached hydrogens (tertiary/aromatic N) is 5. The van der Waals surface area contributed by atoms with Crippen molar-refractivity contribution in [1.29, 1.82) is 0 Å². The predicted octanol–water partition coefficient (Wildman–Crippen LogP) is 2.87.